The number of carbonyl (C=O) groups is 3. The maximum absolute atomic E-state index is 13.1. The van der Waals surface area contributed by atoms with Crippen molar-refractivity contribution in [3.05, 3.63) is 23.9 Å². The standard InChI is InChI=1S/C22H27F3N2O9/c1-12(28)34-18-17(27-15-7-5-6-14(26-15)22(23,24)25)20-33-11-21(36-20,19(18)35-13(2)29)10-32-9-4-3-8-16(30)31/h5-7,17-20H,3-4,8-11H2,1-2H3,(H,26,27)(H,30,31)/t17-,18-,19-,20+,21+/m1/s1. The first kappa shape index (κ1) is 27.6. The molecule has 0 spiro atoms. The molecule has 200 valence electrons. The molecule has 2 aliphatic heterocycles. The summed E-state index contributed by atoms with van der Waals surface area (Å²) in [5.41, 5.74) is -2.51. The van der Waals surface area contributed by atoms with Crippen LogP contribution in [0.25, 0.3) is 0 Å². The molecule has 2 fully saturated rings. The third-order valence-electron chi connectivity index (χ3n) is 5.53. The van der Waals surface area contributed by atoms with Crippen LogP contribution in [0.15, 0.2) is 18.2 Å². The molecule has 0 aliphatic carbocycles. The van der Waals surface area contributed by atoms with E-state index < -0.39 is 59.9 Å². The maximum atomic E-state index is 13.1. The van der Waals surface area contributed by atoms with Crippen molar-refractivity contribution in [2.75, 3.05) is 25.1 Å². The Bertz CT molecular complexity index is 961. The summed E-state index contributed by atoms with van der Waals surface area (Å²) in [5.74, 6) is -2.56. The van der Waals surface area contributed by atoms with Crippen molar-refractivity contribution >= 4 is 23.7 Å². The summed E-state index contributed by atoms with van der Waals surface area (Å²) in [5, 5.41) is 11.5. The van der Waals surface area contributed by atoms with Crippen LogP contribution >= 0.6 is 0 Å². The first-order valence-electron chi connectivity index (χ1n) is 11.2. The number of hydrogen-bond donors (Lipinski definition) is 2. The van der Waals surface area contributed by atoms with Crippen molar-refractivity contribution in [2.24, 2.45) is 0 Å². The predicted octanol–water partition coefficient (Wildman–Crippen LogP) is 2.14. The maximum Gasteiger partial charge on any atom is 0.433 e. The Balaban J connectivity index is 1.82. The zero-order valence-corrected chi connectivity index (χ0v) is 19.6. The Morgan fingerprint density at radius 3 is 2.56 bits per heavy atom. The summed E-state index contributed by atoms with van der Waals surface area (Å²) in [7, 11) is 0. The highest BCUT2D eigenvalue weighted by atomic mass is 19.4. The molecule has 2 saturated heterocycles. The normalized spacial score (nSPS) is 27.4. The van der Waals surface area contributed by atoms with Gasteiger partial charge in [-0.3, -0.25) is 14.4 Å². The van der Waals surface area contributed by atoms with Gasteiger partial charge in [0.15, 0.2) is 24.1 Å². The number of alkyl halides is 3. The van der Waals surface area contributed by atoms with Gasteiger partial charge < -0.3 is 34.1 Å². The number of esters is 2. The van der Waals surface area contributed by atoms with Crippen molar-refractivity contribution in [1.29, 1.82) is 0 Å². The van der Waals surface area contributed by atoms with Crippen molar-refractivity contribution in [3.63, 3.8) is 0 Å². The molecule has 11 nitrogen and oxygen atoms in total. The van der Waals surface area contributed by atoms with E-state index in [0.29, 0.717) is 12.8 Å². The van der Waals surface area contributed by atoms with E-state index in [1.807, 2.05) is 0 Å². The largest absolute Gasteiger partial charge is 0.481 e. The number of anilines is 1. The third-order valence-corrected chi connectivity index (χ3v) is 5.53. The number of hydrogen-bond acceptors (Lipinski definition) is 10. The molecule has 2 N–H and O–H groups in total. The number of carboxylic acids is 1. The zero-order chi connectivity index (χ0) is 26.5. The highest BCUT2D eigenvalue weighted by Crippen LogP contribution is 2.41. The minimum Gasteiger partial charge on any atom is -0.481 e. The molecular formula is C22H27F3N2O9. The SMILES string of the molecule is CC(=O)O[C@@H]1[C@@H](Nc2cccc(C(F)(F)F)n2)[C@H]2OC[C@](COCCCCC(=O)O)(O2)[C@@H]1OC(C)=O. The van der Waals surface area contributed by atoms with Gasteiger partial charge in [-0.15, -0.1) is 0 Å². The van der Waals surface area contributed by atoms with Gasteiger partial charge in [-0.2, -0.15) is 13.2 Å². The third kappa shape index (κ3) is 6.83. The van der Waals surface area contributed by atoms with Gasteiger partial charge in [-0.05, 0) is 25.0 Å². The van der Waals surface area contributed by atoms with Crippen molar-refractivity contribution < 1.29 is 56.3 Å². The van der Waals surface area contributed by atoms with Gasteiger partial charge in [0.1, 0.15) is 17.6 Å². The van der Waals surface area contributed by atoms with Crippen LogP contribution in [0.3, 0.4) is 0 Å². The van der Waals surface area contributed by atoms with Gasteiger partial charge >= 0.3 is 24.1 Å². The number of nitrogens with one attached hydrogen (secondary N) is 1. The highest BCUT2D eigenvalue weighted by Gasteiger charge is 2.63. The Kier molecular flexibility index (Phi) is 8.74. The van der Waals surface area contributed by atoms with Gasteiger partial charge in [0.2, 0.25) is 0 Å². The second-order valence-electron chi connectivity index (χ2n) is 8.45. The molecule has 14 heteroatoms. The number of unbranched alkanes of at least 4 members (excludes halogenated alkanes) is 1. The fraction of sp³-hybridized carbons (Fsp3) is 0.636. The zero-order valence-electron chi connectivity index (χ0n) is 19.6. The van der Waals surface area contributed by atoms with E-state index in [1.165, 1.54) is 6.07 Å². The molecule has 1 aromatic heterocycles. The fourth-order valence-electron chi connectivity index (χ4n) is 4.05. The Morgan fingerprint density at radius 1 is 1.19 bits per heavy atom. The number of nitrogens with zero attached hydrogens (tertiary/aromatic N) is 1. The van der Waals surface area contributed by atoms with Gasteiger partial charge in [-0.1, -0.05) is 6.07 Å². The van der Waals surface area contributed by atoms with Crippen LogP contribution in [0.1, 0.15) is 38.8 Å². The lowest BCUT2D eigenvalue weighted by Gasteiger charge is -2.45. The predicted molar refractivity (Wildman–Crippen MR) is 114 cm³/mol. The molecule has 0 aromatic carbocycles. The van der Waals surface area contributed by atoms with Crippen LogP contribution in [0.5, 0.6) is 0 Å². The van der Waals surface area contributed by atoms with E-state index >= 15 is 0 Å². The number of halogens is 3. The molecule has 3 rings (SSSR count). The van der Waals surface area contributed by atoms with Crippen molar-refractivity contribution in [2.45, 2.75) is 69.4 Å². The van der Waals surface area contributed by atoms with E-state index in [9.17, 15) is 27.6 Å². The average Bonchev–Trinajstić information content (AvgIpc) is 3.17. The Labute approximate surface area is 204 Å². The van der Waals surface area contributed by atoms with Crippen LogP contribution in [0, 0.1) is 0 Å². The number of carbonyl (C=O) groups excluding carboxylic acids is 2. The first-order chi connectivity index (χ1) is 16.9. The summed E-state index contributed by atoms with van der Waals surface area (Å²) >= 11 is 0. The molecule has 2 bridgehead atoms. The smallest absolute Gasteiger partial charge is 0.433 e. The summed E-state index contributed by atoms with van der Waals surface area (Å²) in [6.45, 7) is 2.19. The Morgan fingerprint density at radius 2 is 1.92 bits per heavy atom. The number of aliphatic carboxylic acids is 1. The molecule has 36 heavy (non-hydrogen) atoms. The lowest BCUT2D eigenvalue weighted by atomic mass is 9.87. The Hall–Kier alpha value is -2.97. The van der Waals surface area contributed by atoms with Crippen LogP contribution < -0.4 is 5.32 Å². The quantitative estimate of drug-likeness (QED) is 0.327. The number of carboxylic acid groups (broad SMARTS) is 1. The lowest BCUT2D eigenvalue weighted by molar-refractivity contribution is -0.244. The summed E-state index contributed by atoms with van der Waals surface area (Å²) in [6.07, 6.45) is -7.42. The topological polar surface area (TPSA) is 143 Å². The van der Waals surface area contributed by atoms with Gasteiger partial charge in [0.05, 0.1) is 13.2 Å². The van der Waals surface area contributed by atoms with Crippen LogP contribution in [-0.2, 0) is 44.2 Å². The van der Waals surface area contributed by atoms with E-state index in [4.69, 9.17) is 28.8 Å². The average molecular weight is 520 g/mol. The summed E-state index contributed by atoms with van der Waals surface area (Å²) < 4.78 is 67.7. The lowest BCUT2D eigenvalue weighted by Crippen LogP contribution is -2.66. The first-order valence-corrected chi connectivity index (χ1v) is 11.2. The number of pyridine rings is 1. The summed E-state index contributed by atoms with van der Waals surface area (Å²) in [4.78, 5) is 38.1. The summed E-state index contributed by atoms with van der Waals surface area (Å²) in [6, 6.07) is 2.17. The second-order valence-corrected chi connectivity index (χ2v) is 8.45. The number of fused-ring (bicyclic) bond motifs is 2. The molecule has 0 unspecified atom stereocenters. The van der Waals surface area contributed by atoms with E-state index in [0.717, 1.165) is 26.0 Å². The van der Waals surface area contributed by atoms with Crippen LogP contribution in [0.4, 0.5) is 19.0 Å². The monoisotopic (exact) mass is 520 g/mol. The highest BCUT2D eigenvalue weighted by molar-refractivity contribution is 5.68. The van der Waals surface area contributed by atoms with Crippen LogP contribution in [-0.4, -0.2) is 78.0 Å². The minimum atomic E-state index is -4.68. The van der Waals surface area contributed by atoms with Crippen molar-refractivity contribution in [3.8, 4) is 0 Å². The number of aromatic nitrogens is 1. The molecule has 5 atom stereocenters. The van der Waals surface area contributed by atoms with Gasteiger partial charge in [-0.25, -0.2) is 4.98 Å². The second kappa shape index (κ2) is 11.4. The molecule has 0 saturated carbocycles. The molecule has 0 amide bonds. The van der Waals surface area contributed by atoms with E-state index in [1.54, 1.807) is 0 Å². The fourth-order valence-corrected chi connectivity index (χ4v) is 4.05. The molecule has 0 radical (unpaired) electrons. The van der Waals surface area contributed by atoms with Gasteiger partial charge in [0, 0.05) is 26.9 Å². The van der Waals surface area contributed by atoms with Crippen molar-refractivity contribution in [1.82, 2.24) is 4.98 Å². The molecule has 2 aliphatic rings. The molecule has 1 aromatic rings. The van der Waals surface area contributed by atoms with Gasteiger partial charge in [0.25, 0.3) is 0 Å². The number of rotatable bonds is 11. The van der Waals surface area contributed by atoms with E-state index in [-0.39, 0.29) is 32.1 Å². The molecule has 3 heterocycles. The minimum absolute atomic E-state index is 0.0162. The molecular weight excluding hydrogens is 493 g/mol. The number of ether oxygens (including phenoxy) is 5. The van der Waals surface area contributed by atoms with Crippen LogP contribution in [0.2, 0.25) is 0 Å². The van der Waals surface area contributed by atoms with E-state index in [2.05, 4.69) is 10.3 Å².